The molecule has 1 amide bonds. The van der Waals surface area contributed by atoms with Crippen LogP contribution < -0.4 is 9.47 Å². The van der Waals surface area contributed by atoms with Crippen LogP contribution in [0.3, 0.4) is 0 Å². The van der Waals surface area contributed by atoms with Crippen molar-refractivity contribution in [2.45, 2.75) is 82.1 Å². The first kappa shape index (κ1) is 37.8. The summed E-state index contributed by atoms with van der Waals surface area (Å²) in [6, 6.07) is 11.6. The van der Waals surface area contributed by atoms with Crippen LogP contribution >= 0.6 is 0 Å². The molecular weight excluding hydrogens is 663 g/mol. The zero-order valence-electron chi connectivity index (χ0n) is 30.3. The van der Waals surface area contributed by atoms with Crippen LogP contribution in [0.25, 0.3) is 0 Å². The molecule has 1 aliphatic heterocycles. The third kappa shape index (κ3) is 7.84. The van der Waals surface area contributed by atoms with Crippen LogP contribution in [0.2, 0.25) is 0 Å². The molecule has 2 aromatic rings. The molecule has 280 valence electrons. The molecule has 2 N–H and O–H groups in total. The van der Waals surface area contributed by atoms with E-state index in [4.69, 9.17) is 19.0 Å². The molecule has 0 saturated heterocycles. The van der Waals surface area contributed by atoms with Crippen LogP contribution in [-0.2, 0) is 20.9 Å². The van der Waals surface area contributed by atoms with Gasteiger partial charge in [0.25, 0.3) is 0 Å². The molecule has 2 aromatic carbocycles. The molecule has 2 saturated carbocycles. The standard InChI is InChI=1S/C42H53FN2O7/c1-4-22-50-32-18-19-37-35(25-32)39-33(11-7-9-21-47)30(10-6-8-20-46)24-34-36(44-49-3)26-38(42(52-37,40(34)39)51-23-5-2)45(41(48)29-14-15-29)27-28-12-16-31(43)17-13-28/h4-5,12-13,16-19,24-25,29-30,33,38-40,46-47H,1-2,6-11,14-15,20-23,26-27H2,3H3. The Balaban J connectivity index is 1.58. The van der Waals surface area contributed by atoms with Crippen LogP contribution in [0.1, 0.15) is 74.8 Å². The van der Waals surface area contributed by atoms with E-state index in [-0.39, 0.29) is 61.8 Å². The van der Waals surface area contributed by atoms with Crippen molar-refractivity contribution in [1.29, 1.82) is 0 Å². The van der Waals surface area contributed by atoms with Crippen molar-refractivity contribution in [1.82, 2.24) is 4.90 Å². The van der Waals surface area contributed by atoms with Crippen molar-refractivity contribution < 1.29 is 38.4 Å². The normalized spacial score (nSPS) is 26.7. The minimum atomic E-state index is -1.34. The highest BCUT2D eigenvalue weighted by Crippen LogP contribution is 2.62. The Hall–Kier alpha value is -3.99. The van der Waals surface area contributed by atoms with Crippen molar-refractivity contribution in [3.8, 4) is 11.5 Å². The number of nitrogens with zero attached hydrogens (tertiary/aromatic N) is 2. The van der Waals surface area contributed by atoms with Gasteiger partial charge in [0.15, 0.2) is 0 Å². The topological polar surface area (TPSA) is 110 Å². The Labute approximate surface area is 306 Å². The summed E-state index contributed by atoms with van der Waals surface area (Å²) in [7, 11) is 1.54. The number of carbonyl (C=O) groups is 1. The maximum absolute atomic E-state index is 14.5. The Morgan fingerprint density at radius 3 is 2.44 bits per heavy atom. The number of oxime groups is 1. The lowest BCUT2D eigenvalue weighted by Crippen LogP contribution is -2.70. The first-order valence-electron chi connectivity index (χ1n) is 18.8. The van der Waals surface area contributed by atoms with Gasteiger partial charge >= 0.3 is 0 Å². The second-order valence-electron chi connectivity index (χ2n) is 14.4. The Morgan fingerprint density at radius 2 is 1.77 bits per heavy atom. The summed E-state index contributed by atoms with van der Waals surface area (Å²) < 4.78 is 34.4. The van der Waals surface area contributed by atoms with Gasteiger partial charge in [-0.3, -0.25) is 4.79 Å². The first-order chi connectivity index (χ1) is 25.4. The van der Waals surface area contributed by atoms with Crippen LogP contribution in [0.4, 0.5) is 4.39 Å². The van der Waals surface area contributed by atoms with E-state index in [1.54, 1.807) is 24.3 Å². The number of fused-ring (bicyclic) bond motifs is 2. The number of hydrogen-bond acceptors (Lipinski definition) is 8. The van der Waals surface area contributed by atoms with E-state index in [0.29, 0.717) is 37.4 Å². The number of benzene rings is 2. The molecule has 1 heterocycles. The molecule has 2 fully saturated rings. The highest BCUT2D eigenvalue weighted by Gasteiger charge is 2.65. The fourth-order valence-electron chi connectivity index (χ4n) is 8.70. The van der Waals surface area contributed by atoms with E-state index in [1.165, 1.54) is 19.2 Å². The van der Waals surface area contributed by atoms with Gasteiger partial charge in [0, 0.05) is 43.6 Å². The number of amides is 1. The zero-order valence-corrected chi connectivity index (χ0v) is 30.3. The second-order valence-corrected chi connectivity index (χ2v) is 14.4. The molecule has 9 nitrogen and oxygen atoms in total. The highest BCUT2D eigenvalue weighted by molar-refractivity contribution is 6.03. The maximum Gasteiger partial charge on any atom is 0.239 e. The fourth-order valence-corrected chi connectivity index (χ4v) is 8.70. The van der Waals surface area contributed by atoms with Gasteiger partial charge in [-0.1, -0.05) is 54.9 Å². The van der Waals surface area contributed by atoms with Gasteiger partial charge in [-0.15, -0.1) is 6.58 Å². The van der Waals surface area contributed by atoms with Gasteiger partial charge in [0.1, 0.15) is 37.1 Å². The second kappa shape index (κ2) is 17.2. The predicted molar refractivity (Wildman–Crippen MR) is 197 cm³/mol. The minimum Gasteiger partial charge on any atom is -0.490 e. The summed E-state index contributed by atoms with van der Waals surface area (Å²) in [5.41, 5.74) is 3.50. The largest absolute Gasteiger partial charge is 0.490 e. The van der Waals surface area contributed by atoms with Gasteiger partial charge in [0.05, 0.1) is 18.2 Å². The number of aliphatic hydroxyl groups is 2. The van der Waals surface area contributed by atoms with E-state index >= 15 is 0 Å². The van der Waals surface area contributed by atoms with Crippen LogP contribution in [0.5, 0.6) is 11.5 Å². The Kier molecular flexibility index (Phi) is 12.5. The van der Waals surface area contributed by atoms with Crippen molar-refractivity contribution in [3.05, 3.63) is 96.4 Å². The van der Waals surface area contributed by atoms with Gasteiger partial charge in [-0.05, 0) is 91.8 Å². The van der Waals surface area contributed by atoms with Crippen LogP contribution in [0, 0.1) is 29.5 Å². The highest BCUT2D eigenvalue weighted by atomic mass is 19.1. The quantitative estimate of drug-likeness (QED) is 0.0908. The lowest BCUT2D eigenvalue weighted by atomic mass is 9.55. The molecule has 0 radical (unpaired) electrons. The van der Waals surface area contributed by atoms with Crippen molar-refractivity contribution in [2.24, 2.45) is 28.8 Å². The van der Waals surface area contributed by atoms with E-state index in [2.05, 4.69) is 30.5 Å². The number of aliphatic hydroxyl groups excluding tert-OH is 2. The summed E-state index contributed by atoms with van der Waals surface area (Å²) in [5.74, 6) is -0.738. The maximum atomic E-state index is 14.5. The number of hydrogen-bond donors (Lipinski definition) is 2. The smallest absolute Gasteiger partial charge is 0.239 e. The number of rotatable bonds is 19. The Bertz CT molecular complexity index is 1620. The third-order valence-electron chi connectivity index (χ3n) is 11.1. The third-order valence-corrected chi connectivity index (χ3v) is 11.1. The number of unbranched alkanes of at least 4 members (excludes halogenated alkanes) is 2. The van der Waals surface area contributed by atoms with E-state index in [0.717, 1.165) is 60.9 Å². The molecular formula is C42H53FN2O7. The average Bonchev–Trinajstić information content (AvgIpc) is 4.01. The van der Waals surface area contributed by atoms with Gasteiger partial charge in [-0.25, -0.2) is 4.39 Å². The lowest BCUT2D eigenvalue weighted by molar-refractivity contribution is -0.258. The van der Waals surface area contributed by atoms with Crippen LogP contribution in [0.15, 0.2) is 84.6 Å². The summed E-state index contributed by atoms with van der Waals surface area (Å²) in [4.78, 5) is 21.9. The SMILES string of the molecule is C=CCOc1ccc2c(c1)C1C(CCCCO)C(CCCCO)C=C3C(=NOC)CC(N(Cc4ccc(F)cc4)C(=O)C4CC4)C(OCC=C)(O2)C31. The molecule has 3 aliphatic carbocycles. The molecule has 0 bridgehead atoms. The predicted octanol–water partition coefficient (Wildman–Crippen LogP) is 7.09. The molecule has 4 aliphatic rings. The zero-order chi connectivity index (χ0) is 36.7. The van der Waals surface area contributed by atoms with Crippen molar-refractivity contribution in [2.75, 3.05) is 33.5 Å². The first-order valence-corrected chi connectivity index (χ1v) is 18.8. The number of carbonyl (C=O) groups excluding carboxylic acids is 1. The molecule has 6 unspecified atom stereocenters. The summed E-state index contributed by atoms with van der Waals surface area (Å²) in [6.07, 6.45) is 12.4. The molecule has 6 rings (SSSR count). The Morgan fingerprint density at radius 1 is 1.04 bits per heavy atom. The van der Waals surface area contributed by atoms with E-state index < -0.39 is 17.7 Å². The molecule has 0 aromatic heterocycles. The van der Waals surface area contributed by atoms with Crippen molar-refractivity contribution in [3.63, 3.8) is 0 Å². The number of ether oxygens (including phenoxy) is 3. The average molecular weight is 717 g/mol. The van der Waals surface area contributed by atoms with Gasteiger partial charge < -0.3 is 34.2 Å². The number of halogens is 1. The lowest BCUT2D eigenvalue weighted by Gasteiger charge is -2.60. The van der Waals surface area contributed by atoms with Gasteiger partial charge in [-0.2, -0.15) is 0 Å². The fraction of sp³-hybridized carbons (Fsp3) is 0.524. The van der Waals surface area contributed by atoms with E-state index in [9.17, 15) is 19.4 Å². The summed E-state index contributed by atoms with van der Waals surface area (Å²) in [6.45, 7) is 8.82. The van der Waals surface area contributed by atoms with E-state index in [1.807, 2.05) is 17.0 Å². The number of allylic oxidation sites excluding steroid dienone is 1. The molecule has 0 spiro atoms. The molecule has 6 atom stereocenters. The summed E-state index contributed by atoms with van der Waals surface area (Å²) in [5, 5.41) is 24.2. The molecule has 52 heavy (non-hydrogen) atoms. The summed E-state index contributed by atoms with van der Waals surface area (Å²) >= 11 is 0. The van der Waals surface area contributed by atoms with Crippen LogP contribution in [-0.4, -0.2) is 72.1 Å². The molecule has 10 heteroatoms. The monoisotopic (exact) mass is 716 g/mol. The van der Waals surface area contributed by atoms with Gasteiger partial charge in [0.2, 0.25) is 11.7 Å². The van der Waals surface area contributed by atoms with Crippen molar-refractivity contribution >= 4 is 11.6 Å². The minimum absolute atomic E-state index is 0.0106.